The second-order valence-corrected chi connectivity index (χ2v) is 4.33. The maximum absolute atomic E-state index is 3.68. The van der Waals surface area contributed by atoms with Gasteiger partial charge < -0.3 is 5.32 Å². The molecule has 0 atom stereocenters. The Morgan fingerprint density at radius 1 is 1.23 bits per heavy atom. The van der Waals surface area contributed by atoms with E-state index in [2.05, 4.69) is 17.2 Å². The third-order valence-corrected chi connectivity index (χ3v) is 3.07. The van der Waals surface area contributed by atoms with Gasteiger partial charge in [-0.1, -0.05) is 0 Å². The first-order chi connectivity index (χ1) is 6.42. The average Bonchev–Trinajstić information content (AvgIpc) is 2.99. The monoisotopic (exact) mass is 177 g/mol. The van der Waals surface area contributed by atoms with Crippen molar-refractivity contribution >= 4 is 0 Å². The Hall–Kier alpha value is -0.480. The molecule has 0 aromatic heterocycles. The predicted octanol–water partition coefficient (Wildman–Crippen LogP) is 2.18. The van der Waals surface area contributed by atoms with Crippen LogP contribution in [-0.2, 0) is 0 Å². The molecule has 0 aromatic carbocycles. The fraction of sp³-hybridized carbons (Fsp3) is 0.833. The van der Waals surface area contributed by atoms with E-state index in [0.29, 0.717) is 0 Å². The lowest BCUT2D eigenvalue weighted by Crippen LogP contribution is -2.33. The van der Waals surface area contributed by atoms with Crippen LogP contribution < -0.4 is 5.32 Å². The lowest BCUT2D eigenvalue weighted by atomic mass is 10.1. The molecule has 0 saturated heterocycles. The first kappa shape index (κ1) is 9.09. The second-order valence-electron chi connectivity index (χ2n) is 4.33. The van der Waals surface area contributed by atoms with E-state index in [1.807, 2.05) is 6.92 Å². The van der Waals surface area contributed by atoms with Gasteiger partial charge in [0.2, 0.25) is 0 Å². The van der Waals surface area contributed by atoms with Gasteiger partial charge >= 0.3 is 0 Å². The highest BCUT2D eigenvalue weighted by Gasteiger charge is 2.40. The van der Waals surface area contributed by atoms with Crippen molar-refractivity contribution < 1.29 is 0 Å². The number of hydrogen-bond acceptors (Lipinski definition) is 1. The summed E-state index contributed by atoms with van der Waals surface area (Å²) in [6.45, 7) is 3.01. The van der Waals surface area contributed by atoms with Crippen molar-refractivity contribution in [1.82, 2.24) is 5.32 Å². The van der Waals surface area contributed by atoms with Crippen LogP contribution >= 0.6 is 0 Å². The van der Waals surface area contributed by atoms with Crippen LogP contribution in [0.25, 0.3) is 0 Å². The zero-order chi connectivity index (χ0) is 9.10. The van der Waals surface area contributed by atoms with Gasteiger partial charge in [-0.3, -0.25) is 0 Å². The third-order valence-electron chi connectivity index (χ3n) is 3.07. The first-order valence-electron chi connectivity index (χ1n) is 5.55. The van der Waals surface area contributed by atoms with Crippen LogP contribution in [0.15, 0.2) is 0 Å². The molecule has 13 heavy (non-hydrogen) atoms. The molecule has 0 amide bonds. The Bertz CT molecular complexity index is 203. The molecule has 0 unspecified atom stereocenters. The topological polar surface area (TPSA) is 12.0 Å². The van der Waals surface area contributed by atoms with Crippen molar-refractivity contribution in [2.45, 2.75) is 45.1 Å². The Morgan fingerprint density at radius 3 is 2.31 bits per heavy atom. The van der Waals surface area contributed by atoms with Crippen molar-refractivity contribution in [3.8, 4) is 11.8 Å². The van der Waals surface area contributed by atoms with E-state index in [1.165, 1.54) is 25.7 Å². The molecule has 1 heteroatoms. The summed E-state index contributed by atoms with van der Waals surface area (Å²) >= 11 is 0. The summed E-state index contributed by atoms with van der Waals surface area (Å²) in [6, 6.07) is 0.846. The van der Waals surface area contributed by atoms with E-state index in [-0.39, 0.29) is 0 Å². The van der Waals surface area contributed by atoms with Crippen LogP contribution in [-0.4, -0.2) is 12.6 Å². The lowest BCUT2D eigenvalue weighted by Gasteiger charge is -2.16. The molecule has 2 fully saturated rings. The van der Waals surface area contributed by atoms with Gasteiger partial charge in [-0.2, -0.15) is 0 Å². The summed E-state index contributed by atoms with van der Waals surface area (Å²) < 4.78 is 0. The van der Waals surface area contributed by atoms with Gasteiger partial charge in [0, 0.05) is 19.0 Å². The van der Waals surface area contributed by atoms with Gasteiger partial charge in [-0.15, -0.1) is 11.8 Å². The predicted molar refractivity (Wildman–Crippen MR) is 55.3 cm³/mol. The molecule has 1 nitrogen and oxygen atoms in total. The Labute approximate surface area is 81.3 Å². The molecule has 0 heterocycles. The minimum absolute atomic E-state index is 0.846. The van der Waals surface area contributed by atoms with Gasteiger partial charge in [0.1, 0.15) is 0 Å². The minimum Gasteiger partial charge on any atom is -0.312 e. The molecule has 0 aromatic rings. The Morgan fingerprint density at radius 2 is 1.85 bits per heavy atom. The van der Waals surface area contributed by atoms with Gasteiger partial charge in [-0.25, -0.2) is 0 Å². The van der Waals surface area contributed by atoms with Crippen molar-refractivity contribution in [2.75, 3.05) is 6.54 Å². The van der Waals surface area contributed by atoms with Gasteiger partial charge in [0.05, 0.1) is 0 Å². The van der Waals surface area contributed by atoms with E-state index < -0.39 is 0 Å². The molecule has 0 radical (unpaired) electrons. The molecule has 2 rings (SSSR count). The van der Waals surface area contributed by atoms with Crippen molar-refractivity contribution in [1.29, 1.82) is 0 Å². The number of hydrogen-bond donors (Lipinski definition) is 1. The maximum atomic E-state index is 3.68. The quantitative estimate of drug-likeness (QED) is 0.501. The summed E-state index contributed by atoms with van der Waals surface area (Å²) in [7, 11) is 0. The van der Waals surface area contributed by atoms with E-state index in [0.717, 1.165) is 30.8 Å². The lowest BCUT2D eigenvalue weighted by molar-refractivity contribution is 0.422. The molecule has 2 aliphatic carbocycles. The molecule has 2 saturated carbocycles. The van der Waals surface area contributed by atoms with Crippen molar-refractivity contribution in [3.63, 3.8) is 0 Å². The van der Waals surface area contributed by atoms with Gasteiger partial charge in [0.15, 0.2) is 0 Å². The van der Waals surface area contributed by atoms with Crippen LogP contribution in [0.1, 0.15) is 39.0 Å². The van der Waals surface area contributed by atoms with Crippen molar-refractivity contribution in [2.24, 2.45) is 11.8 Å². The Kier molecular flexibility index (Phi) is 2.90. The normalized spacial score (nSPS) is 21.4. The molecule has 2 aliphatic rings. The largest absolute Gasteiger partial charge is 0.312 e. The fourth-order valence-corrected chi connectivity index (χ4v) is 2.06. The Balaban J connectivity index is 1.66. The molecule has 72 valence electrons. The second kappa shape index (κ2) is 4.15. The van der Waals surface area contributed by atoms with E-state index in [1.54, 1.807) is 0 Å². The summed E-state index contributed by atoms with van der Waals surface area (Å²) in [4.78, 5) is 0. The van der Waals surface area contributed by atoms with Crippen LogP contribution in [0.4, 0.5) is 0 Å². The van der Waals surface area contributed by atoms with Crippen LogP contribution in [0.3, 0.4) is 0 Å². The minimum atomic E-state index is 0.846. The smallest absolute Gasteiger partial charge is 0.0214 e. The van der Waals surface area contributed by atoms with Crippen molar-refractivity contribution in [3.05, 3.63) is 0 Å². The standard InChI is InChI=1S/C12H19N/c1-2-3-4-9-13-12(10-5-6-10)11-7-8-11/h10-13H,4-9H2,1H3. The van der Waals surface area contributed by atoms with Crippen LogP contribution in [0.5, 0.6) is 0 Å². The molecular weight excluding hydrogens is 158 g/mol. The highest BCUT2D eigenvalue weighted by atomic mass is 14.9. The molecule has 0 bridgehead atoms. The van der Waals surface area contributed by atoms with Gasteiger partial charge in [0.25, 0.3) is 0 Å². The first-order valence-corrected chi connectivity index (χ1v) is 5.55. The molecule has 0 spiro atoms. The fourth-order valence-electron chi connectivity index (χ4n) is 2.06. The zero-order valence-corrected chi connectivity index (χ0v) is 8.47. The molecule has 1 N–H and O–H groups in total. The average molecular weight is 177 g/mol. The van der Waals surface area contributed by atoms with Crippen LogP contribution in [0.2, 0.25) is 0 Å². The maximum Gasteiger partial charge on any atom is 0.0214 e. The third kappa shape index (κ3) is 2.74. The summed E-state index contributed by atoms with van der Waals surface area (Å²) in [5.41, 5.74) is 0. The number of rotatable bonds is 5. The SMILES string of the molecule is CC#CCCNC(C1CC1)C1CC1. The summed E-state index contributed by atoms with van der Waals surface area (Å²) in [6.07, 6.45) is 6.88. The summed E-state index contributed by atoms with van der Waals surface area (Å²) in [5.74, 6) is 8.08. The highest BCUT2D eigenvalue weighted by Crippen LogP contribution is 2.44. The van der Waals surface area contributed by atoms with E-state index in [4.69, 9.17) is 0 Å². The van der Waals surface area contributed by atoms with E-state index in [9.17, 15) is 0 Å². The summed E-state index contributed by atoms with van der Waals surface area (Å²) in [5, 5.41) is 3.68. The van der Waals surface area contributed by atoms with Gasteiger partial charge in [-0.05, 0) is 44.4 Å². The van der Waals surface area contributed by atoms with E-state index >= 15 is 0 Å². The molecular formula is C12H19N. The molecule has 0 aliphatic heterocycles. The van der Waals surface area contributed by atoms with Crippen LogP contribution in [0, 0.1) is 23.7 Å². The zero-order valence-electron chi connectivity index (χ0n) is 8.47. The highest BCUT2D eigenvalue weighted by molar-refractivity contribution is 4.99. The number of nitrogens with one attached hydrogen (secondary N) is 1.